The van der Waals surface area contributed by atoms with E-state index in [9.17, 15) is 0 Å². The Morgan fingerprint density at radius 2 is 2.17 bits per heavy atom. The molecule has 0 radical (unpaired) electrons. The van der Waals surface area contributed by atoms with Crippen molar-refractivity contribution in [3.63, 3.8) is 0 Å². The van der Waals surface area contributed by atoms with E-state index in [1.807, 2.05) is 19.1 Å². The van der Waals surface area contributed by atoms with E-state index in [1.54, 1.807) is 0 Å². The molecule has 0 spiro atoms. The Kier molecular flexibility index (Phi) is 3.17. The number of rotatable bonds is 3. The molecule has 1 rings (SSSR count). The zero-order valence-corrected chi connectivity index (χ0v) is 7.62. The van der Waals surface area contributed by atoms with Crippen LogP contribution in [0.2, 0.25) is 0 Å². The summed E-state index contributed by atoms with van der Waals surface area (Å²) in [5, 5.41) is 8.08. The minimum absolute atomic E-state index is 0.359. The van der Waals surface area contributed by atoms with Crippen LogP contribution in [0.3, 0.4) is 0 Å². The van der Waals surface area contributed by atoms with E-state index in [0.717, 1.165) is 17.8 Å². The van der Waals surface area contributed by atoms with Crippen LogP contribution >= 0.6 is 0 Å². The topological polar surface area (TPSA) is 51.8 Å². The van der Waals surface area contributed by atoms with Gasteiger partial charge in [-0.15, -0.1) is 0 Å². The van der Waals surface area contributed by atoms with Crippen molar-refractivity contribution >= 4 is 0 Å². The third-order valence-corrected chi connectivity index (χ3v) is 2.01. The Hall–Kier alpha value is -0.960. The van der Waals surface area contributed by atoms with E-state index in [1.165, 1.54) is 0 Å². The molecule has 0 amide bonds. The summed E-state index contributed by atoms with van der Waals surface area (Å²) in [5.74, 6) is 0.359. The molecule has 0 aliphatic carbocycles. The molecule has 3 heteroatoms. The van der Waals surface area contributed by atoms with Gasteiger partial charge in [0.25, 0.3) is 0 Å². The molecule has 2 N–H and O–H groups in total. The van der Waals surface area contributed by atoms with Crippen LogP contribution < -0.4 is 5.73 Å². The van der Waals surface area contributed by atoms with Crippen molar-refractivity contribution in [3.8, 4) is 0 Å². The first-order chi connectivity index (χ1) is 5.77. The summed E-state index contributed by atoms with van der Waals surface area (Å²) in [6, 6.07) is 3.98. The van der Waals surface area contributed by atoms with E-state index in [2.05, 4.69) is 17.1 Å². The summed E-state index contributed by atoms with van der Waals surface area (Å²) in [5.41, 5.74) is 7.54. The van der Waals surface area contributed by atoms with Crippen molar-refractivity contribution in [3.05, 3.63) is 23.5 Å². The van der Waals surface area contributed by atoms with E-state index in [-0.39, 0.29) is 0 Å². The second-order valence-corrected chi connectivity index (χ2v) is 2.94. The van der Waals surface area contributed by atoms with Crippen LogP contribution in [0.15, 0.2) is 12.1 Å². The van der Waals surface area contributed by atoms with Crippen LogP contribution in [0.1, 0.15) is 30.7 Å². The maximum atomic E-state index is 5.59. The van der Waals surface area contributed by atoms with Crippen LogP contribution in [0.25, 0.3) is 0 Å². The van der Waals surface area contributed by atoms with Crippen LogP contribution in [0.4, 0.5) is 0 Å². The number of aromatic nitrogens is 2. The molecule has 1 atom stereocenters. The van der Waals surface area contributed by atoms with E-state index in [0.29, 0.717) is 12.5 Å². The molecular weight excluding hydrogens is 150 g/mol. The highest BCUT2D eigenvalue weighted by atomic mass is 15.1. The normalized spacial score (nSPS) is 12.9. The Morgan fingerprint density at radius 1 is 1.42 bits per heavy atom. The van der Waals surface area contributed by atoms with Gasteiger partial charge in [0.05, 0.1) is 11.4 Å². The molecule has 0 bridgehead atoms. The number of hydrogen-bond donors (Lipinski definition) is 1. The van der Waals surface area contributed by atoms with Gasteiger partial charge >= 0.3 is 0 Å². The van der Waals surface area contributed by atoms with Crippen LogP contribution in [0.5, 0.6) is 0 Å². The number of nitrogens with two attached hydrogens (primary N) is 1. The van der Waals surface area contributed by atoms with Crippen LogP contribution in [0, 0.1) is 6.92 Å². The smallest absolute Gasteiger partial charge is 0.0674 e. The molecule has 1 aromatic heterocycles. The lowest BCUT2D eigenvalue weighted by molar-refractivity contribution is 0.640. The number of aryl methyl sites for hydroxylation is 1. The fraction of sp³-hybridized carbons (Fsp3) is 0.556. The molecule has 0 unspecified atom stereocenters. The molecule has 0 saturated heterocycles. The summed E-state index contributed by atoms with van der Waals surface area (Å²) < 4.78 is 0. The van der Waals surface area contributed by atoms with Gasteiger partial charge in [-0.1, -0.05) is 6.92 Å². The summed E-state index contributed by atoms with van der Waals surface area (Å²) in [4.78, 5) is 0. The molecule has 1 aromatic rings. The van der Waals surface area contributed by atoms with Gasteiger partial charge in [-0.25, -0.2) is 0 Å². The van der Waals surface area contributed by atoms with E-state index >= 15 is 0 Å². The average Bonchev–Trinajstić information content (AvgIpc) is 2.10. The van der Waals surface area contributed by atoms with Crippen molar-refractivity contribution < 1.29 is 0 Å². The van der Waals surface area contributed by atoms with Gasteiger partial charge in [-0.3, -0.25) is 0 Å². The second kappa shape index (κ2) is 4.16. The summed E-state index contributed by atoms with van der Waals surface area (Å²) in [6.07, 6.45) is 1.02. The fourth-order valence-electron chi connectivity index (χ4n) is 1.12. The Morgan fingerprint density at radius 3 is 2.58 bits per heavy atom. The lowest BCUT2D eigenvalue weighted by atomic mass is 10.0. The van der Waals surface area contributed by atoms with Gasteiger partial charge in [0.2, 0.25) is 0 Å². The van der Waals surface area contributed by atoms with Crippen molar-refractivity contribution in [2.45, 2.75) is 26.2 Å². The first-order valence-corrected chi connectivity index (χ1v) is 4.28. The van der Waals surface area contributed by atoms with E-state index in [4.69, 9.17) is 5.73 Å². The number of nitrogens with zero attached hydrogens (tertiary/aromatic N) is 2. The highest BCUT2D eigenvalue weighted by Crippen LogP contribution is 2.14. The second-order valence-electron chi connectivity index (χ2n) is 2.94. The maximum absolute atomic E-state index is 5.59. The first-order valence-electron chi connectivity index (χ1n) is 4.28. The predicted octanol–water partition coefficient (Wildman–Crippen LogP) is 1.24. The van der Waals surface area contributed by atoms with Crippen molar-refractivity contribution in [1.82, 2.24) is 10.2 Å². The average molecular weight is 165 g/mol. The van der Waals surface area contributed by atoms with Gasteiger partial charge in [-0.2, -0.15) is 10.2 Å². The molecule has 0 aliphatic heterocycles. The lowest BCUT2D eigenvalue weighted by Crippen LogP contribution is -2.13. The fourth-order valence-corrected chi connectivity index (χ4v) is 1.12. The third kappa shape index (κ3) is 2.01. The highest BCUT2D eigenvalue weighted by Gasteiger charge is 2.07. The molecule has 0 fully saturated rings. The summed E-state index contributed by atoms with van der Waals surface area (Å²) in [7, 11) is 0. The summed E-state index contributed by atoms with van der Waals surface area (Å²) >= 11 is 0. The van der Waals surface area contributed by atoms with Gasteiger partial charge < -0.3 is 5.73 Å². The zero-order chi connectivity index (χ0) is 8.97. The Balaban J connectivity index is 2.80. The zero-order valence-electron chi connectivity index (χ0n) is 7.62. The molecule has 12 heavy (non-hydrogen) atoms. The van der Waals surface area contributed by atoms with Crippen molar-refractivity contribution in [2.75, 3.05) is 6.54 Å². The molecule has 1 heterocycles. The number of hydrogen-bond acceptors (Lipinski definition) is 3. The molecule has 3 nitrogen and oxygen atoms in total. The minimum Gasteiger partial charge on any atom is -0.330 e. The van der Waals surface area contributed by atoms with Crippen LogP contribution in [-0.4, -0.2) is 16.7 Å². The highest BCUT2D eigenvalue weighted by molar-refractivity contribution is 5.10. The first kappa shape index (κ1) is 9.13. The Bertz CT molecular complexity index is 226. The quantitative estimate of drug-likeness (QED) is 0.733. The summed E-state index contributed by atoms with van der Waals surface area (Å²) in [6.45, 7) is 4.69. The maximum Gasteiger partial charge on any atom is 0.0674 e. The molecule has 0 saturated carbocycles. The van der Waals surface area contributed by atoms with Gasteiger partial charge in [0.15, 0.2) is 0 Å². The van der Waals surface area contributed by atoms with Crippen LogP contribution in [-0.2, 0) is 0 Å². The molecule has 66 valence electrons. The van der Waals surface area contributed by atoms with Gasteiger partial charge in [0, 0.05) is 12.5 Å². The largest absolute Gasteiger partial charge is 0.330 e. The lowest BCUT2D eigenvalue weighted by Gasteiger charge is -2.09. The SMILES string of the molecule is CC[C@@H](CN)c1ccc(C)nn1. The third-order valence-electron chi connectivity index (χ3n) is 2.01. The minimum atomic E-state index is 0.359. The molecular formula is C9H15N3. The monoisotopic (exact) mass is 165 g/mol. The standard InChI is InChI=1S/C9H15N3/c1-3-8(6-10)9-5-4-7(2)11-12-9/h4-5,8H,3,6,10H2,1-2H3/t8-/m0/s1. The molecule has 0 aromatic carbocycles. The van der Waals surface area contributed by atoms with Crippen molar-refractivity contribution in [1.29, 1.82) is 0 Å². The van der Waals surface area contributed by atoms with Gasteiger partial charge in [-0.05, 0) is 25.5 Å². The Labute approximate surface area is 73.0 Å². The predicted molar refractivity (Wildman–Crippen MR) is 48.9 cm³/mol. The van der Waals surface area contributed by atoms with Crippen molar-refractivity contribution in [2.24, 2.45) is 5.73 Å². The van der Waals surface area contributed by atoms with E-state index < -0.39 is 0 Å². The van der Waals surface area contributed by atoms with Gasteiger partial charge in [0.1, 0.15) is 0 Å². The molecule has 0 aliphatic rings.